The third kappa shape index (κ3) is 4.60. The maximum atomic E-state index is 12.6. The van der Waals surface area contributed by atoms with Crippen molar-refractivity contribution in [2.75, 3.05) is 11.9 Å². The van der Waals surface area contributed by atoms with Gasteiger partial charge in [-0.2, -0.15) is 0 Å². The van der Waals surface area contributed by atoms with Crippen LogP contribution in [-0.4, -0.2) is 32.7 Å². The Bertz CT molecular complexity index is 1120. The molecule has 0 fully saturated rings. The van der Waals surface area contributed by atoms with Gasteiger partial charge in [-0.1, -0.05) is 42.1 Å². The van der Waals surface area contributed by atoms with Crippen LogP contribution in [0.2, 0.25) is 0 Å². The zero-order valence-electron chi connectivity index (χ0n) is 16.0. The fourth-order valence-electron chi connectivity index (χ4n) is 2.78. The van der Waals surface area contributed by atoms with Crippen molar-refractivity contribution in [2.45, 2.75) is 24.3 Å². The number of carbonyl (C=O) groups is 1. The number of ether oxygens (including phenoxy) is 1. The van der Waals surface area contributed by atoms with E-state index in [1.807, 2.05) is 67.8 Å². The maximum Gasteiger partial charge on any atom is 0.239 e. The Hall–Kier alpha value is -2.84. The average molecular weight is 425 g/mol. The van der Waals surface area contributed by atoms with Crippen LogP contribution in [0.15, 0.2) is 59.1 Å². The number of fused-ring (bicyclic) bond motifs is 1. The predicted octanol–water partition coefficient (Wildman–Crippen LogP) is 5.20. The summed E-state index contributed by atoms with van der Waals surface area (Å²) in [7, 11) is 0. The quantitative estimate of drug-likeness (QED) is 0.398. The molecule has 0 aliphatic rings. The topological polar surface area (TPSA) is 79.9 Å². The molecule has 2 aromatic carbocycles. The van der Waals surface area contributed by atoms with Crippen molar-refractivity contribution in [1.29, 1.82) is 0 Å². The van der Waals surface area contributed by atoms with Gasteiger partial charge in [-0.05, 0) is 26.0 Å². The Morgan fingerprint density at radius 2 is 2.07 bits per heavy atom. The Labute approximate surface area is 176 Å². The second-order valence-electron chi connectivity index (χ2n) is 6.31. The number of benzene rings is 2. The number of anilines is 1. The number of hydrogen-bond acceptors (Lipinski definition) is 6. The van der Waals surface area contributed by atoms with E-state index in [9.17, 15) is 4.79 Å². The second-order valence-corrected chi connectivity index (χ2v) is 8.49. The molecule has 4 aromatic rings. The molecule has 0 bridgehead atoms. The maximum absolute atomic E-state index is 12.6. The number of aromatic nitrogens is 3. The van der Waals surface area contributed by atoms with Gasteiger partial charge in [0.05, 0.1) is 28.6 Å². The lowest BCUT2D eigenvalue weighted by Crippen LogP contribution is -2.22. The van der Waals surface area contributed by atoms with Crippen LogP contribution in [0.5, 0.6) is 5.75 Å². The van der Waals surface area contributed by atoms with E-state index < -0.39 is 0 Å². The van der Waals surface area contributed by atoms with Gasteiger partial charge in [-0.25, -0.2) is 9.97 Å². The number of thiazole rings is 1. The highest BCUT2D eigenvalue weighted by atomic mass is 32.2. The Morgan fingerprint density at radius 3 is 2.86 bits per heavy atom. The van der Waals surface area contributed by atoms with Crippen LogP contribution < -0.4 is 10.1 Å². The molecule has 0 aliphatic carbocycles. The van der Waals surface area contributed by atoms with E-state index in [-0.39, 0.29) is 11.2 Å². The van der Waals surface area contributed by atoms with Crippen molar-refractivity contribution in [3.8, 4) is 17.0 Å². The first-order chi connectivity index (χ1) is 14.1. The van der Waals surface area contributed by atoms with Crippen LogP contribution in [-0.2, 0) is 4.79 Å². The summed E-state index contributed by atoms with van der Waals surface area (Å²) in [5.74, 6) is 0.684. The summed E-state index contributed by atoms with van der Waals surface area (Å²) in [6.45, 7) is 4.41. The summed E-state index contributed by atoms with van der Waals surface area (Å²) in [6, 6.07) is 15.6. The molecule has 1 unspecified atom stereocenters. The lowest BCUT2D eigenvalue weighted by atomic mass is 10.2. The van der Waals surface area contributed by atoms with Gasteiger partial charge in [0.25, 0.3) is 0 Å². The lowest BCUT2D eigenvalue weighted by molar-refractivity contribution is -0.115. The molecule has 2 heterocycles. The smallest absolute Gasteiger partial charge is 0.239 e. The van der Waals surface area contributed by atoms with Crippen molar-refractivity contribution in [3.63, 3.8) is 0 Å². The van der Waals surface area contributed by atoms with Crippen LogP contribution >= 0.6 is 23.1 Å². The van der Waals surface area contributed by atoms with Gasteiger partial charge < -0.3 is 15.0 Å². The standard InChI is InChI=1S/C21H20N4O2S2/c1-3-27-15-9-10-16-17(11-15)23-21(22-16)29-13(2)19(26)25-20-24-18(12-28-20)14-7-5-4-6-8-14/h4-13H,3H2,1-2H3,(H,22,23)(H,24,25,26). The van der Waals surface area contributed by atoms with Gasteiger partial charge in [-0.15, -0.1) is 11.3 Å². The number of rotatable bonds is 7. The highest BCUT2D eigenvalue weighted by Gasteiger charge is 2.18. The summed E-state index contributed by atoms with van der Waals surface area (Å²) in [4.78, 5) is 24.9. The Morgan fingerprint density at radius 1 is 1.24 bits per heavy atom. The molecule has 0 radical (unpaired) electrons. The van der Waals surface area contributed by atoms with E-state index in [1.165, 1.54) is 23.1 Å². The van der Waals surface area contributed by atoms with E-state index in [4.69, 9.17) is 4.74 Å². The summed E-state index contributed by atoms with van der Waals surface area (Å²) in [5, 5.41) is 5.80. The largest absolute Gasteiger partial charge is 0.494 e. The zero-order valence-corrected chi connectivity index (χ0v) is 17.6. The molecule has 2 N–H and O–H groups in total. The number of aromatic amines is 1. The number of H-pyrrole nitrogens is 1. The van der Waals surface area contributed by atoms with E-state index in [2.05, 4.69) is 20.3 Å². The van der Waals surface area contributed by atoms with Gasteiger partial charge in [-0.3, -0.25) is 4.79 Å². The number of imidazole rings is 1. The highest BCUT2D eigenvalue weighted by molar-refractivity contribution is 8.00. The van der Waals surface area contributed by atoms with E-state index >= 15 is 0 Å². The van der Waals surface area contributed by atoms with Gasteiger partial charge in [0.15, 0.2) is 10.3 Å². The number of amides is 1. The number of thioether (sulfide) groups is 1. The molecular weight excluding hydrogens is 404 g/mol. The molecule has 2 aromatic heterocycles. The molecule has 8 heteroatoms. The molecule has 1 atom stereocenters. The zero-order chi connectivity index (χ0) is 20.2. The first-order valence-electron chi connectivity index (χ1n) is 9.23. The Balaban J connectivity index is 1.41. The predicted molar refractivity (Wildman–Crippen MR) is 119 cm³/mol. The molecule has 148 valence electrons. The van der Waals surface area contributed by atoms with Crippen molar-refractivity contribution in [1.82, 2.24) is 15.0 Å². The molecule has 6 nitrogen and oxygen atoms in total. The second kappa shape index (κ2) is 8.67. The van der Waals surface area contributed by atoms with Crippen LogP contribution in [0, 0.1) is 0 Å². The van der Waals surface area contributed by atoms with Gasteiger partial charge in [0.1, 0.15) is 5.75 Å². The van der Waals surface area contributed by atoms with Crippen molar-refractivity contribution >= 4 is 45.2 Å². The van der Waals surface area contributed by atoms with Crippen LogP contribution in [0.3, 0.4) is 0 Å². The van der Waals surface area contributed by atoms with E-state index in [0.717, 1.165) is 28.0 Å². The first-order valence-corrected chi connectivity index (χ1v) is 11.0. The average Bonchev–Trinajstić information content (AvgIpc) is 3.35. The lowest BCUT2D eigenvalue weighted by Gasteiger charge is -2.08. The molecule has 1 amide bonds. The van der Waals surface area contributed by atoms with E-state index in [0.29, 0.717) is 16.9 Å². The normalized spacial score (nSPS) is 12.1. The van der Waals surface area contributed by atoms with Gasteiger partial charge in [0.2, 0.25) is 5.91 Å². The third-order valence-electron chi connectivity index (χ3n) is 4.20. The summed E-state index contributed by atoms with van der Waals surface area (Å²) < 4.78 is 5.52. The van der Waals surface area contributed by atoms with Crippen molar-refractivity contribution in [3.05, 3.63) is 53.9 Å². The fraction of sp³-hybridized carbons (Fsp3) is 0.190. The highest BCUT2D eigenvalue weighted by Crippen LogP contribution is 2.28. The molecular formula is C21H20N4O2S2. The molecule has 0 saturated heterocycles. The molecule has 0 aliphatic heterocycles. The Kier molecular flexibility index (Phi) is 5.82. The molecule has 29 heavy (non-hydrogen) atoms. The summed E-state index contributed by atoms with van der Waals surface area (Å²) >= 11 is 2.79. The minimum Gasteiger partial charge on any atom is -0.494 e. The van der Waals surface area contributed by atoms with Crippen molar-refractivity contribution in [2.24, 2.45) is 0 Å². The van der Waals surface area contributed by atoms with E-state index in [1.54, 1.807) is 0 Å². The minimum atomic E-state index is -0.328. The van der Waals surface area contributed by atoms with Crippen LogP contribution in [0.25, 0.3) is 22.3 Å². The van der Waals surface area contributed by atoms with Crippen LogP contribution in [0.4, 0.5) is 5.13 Å². The number of nitrogens with zero attached hydrogens (tertiary/aromatic N) is 2. The summed E-state index contributed by atoms with van der Waals surface area (Å²) in [6.07, 6.45) is 0. The van der Waals surface area contributed by atoms with Crippen LogP contribution in [0.1, 0.15) is 13.8 Å². The number of hydrogen-bond donors (Lipinski definition) is 2. The fourth-order valence-corrected chi connectivity index (χ4v) is 4.32. The van der Waals surface area contributed by atoms with Gasteiger partial charge in [0, 0.05) is 17.0 Å². The number of carbonyl (C=O) groups excluding carboxylic acids is 1. The molecule has 4 rings (SSSR count). The minimum absolute atomic E-state index is 0.112. The monoisotopic (exact) mass is 424 g/mol. The summed E-state index contributed by atoms with van der Waals surface area (Å²) in [5.41, 5.74) is 3.61. The van der Waals surface area contributed by atoms with Gasteiger partial charge >= 0.3 is 0 Å². The number of nitrogens with one attached hydrogen (secondary N) is 2. The SMILES string of the molecule is CCOc1ccc2nc(SC(C)C(=O)Nc3nc(-c4ccccc4)cs3)[nH]c2c1. The molecule has 0 saturated carbocycles. The third-order valence-corrected chi connectivity index (χ3v) is 5.95. The first kappa shape index (κ1) is 19.5. The van der Waals surface area contributed by atoms with Crippen molar-refractivity contribution < 1.29 is 9.53 Å². The molecule has 0 spiro atoms.